The van der Waals surface area contributed by atoms with E-state index in [0.717, 1.165) is 50.8 Å². The largest absolute Gasteiger partial charge is 0.457 e. The number of benzene rings is 12. The Kier molecular flexibility index (Phi) is 9.14. The number of para-hydroxylation sites is 3. The van der Waals surface area contributed by atoms with Crippen molar-refractivity contribution in [3.05, 3.63) is 317 Å². The van der Waals surface area contributed by atoms with Gasteiger partial charge in [-0.05, 0) is 144 Å². The molecule has 2 spiro atoms. The number of hydrogen-bond acceptors (Lipinski definition) is 3. The van der Waals surface area contributed by atoms with Crippen LogP contribution in [0.5, 0.6) is 11.5 Å². The standard InChI is InChI=1S/C72H45NOS/c1-2-18-46(19-3-1)47-34-36-48(37-35-47)53-22-8-14-30-66(53)73(52-38-40-56-54-23-6-9-25-58(54)72(64(56)45-52)61-27-11-15-31-67(61)74-68-32-16-12-28-62(68)72)51-39-41-60-57(44-51)55-24-7-10-26-59(55)71(60)63-29-13-17-33-69(63)75-70-43-50-21-5-4-20-49(50)42-65(70)71/h1-45H. The summed E-state index contributed by atoms with van der Waals surface area (Å²) in [6, 6.07) is 102. The maximum Gasteiger partial charge on any atom is 0.132 e. The molecule has 2 aliphatic heterocycles. The van der Waals surface area contributed by atoms with Crippen LogP contribution < -0.4 is 9.64 Å². The van der Waals surface area contributed by atoms with Crippen molar-refractivity contribution in [2.75, 3.05) is 4.90 Å². The molecule has 350 valence electrons. The fourth-order valence-electron chi connectivity index (χ4n) is 13.5. The zero-order valence-corrected chi connectivity index (χ0v) is 41.6. The molecule has 0 N–H and O–H groups in total. The molecular formula is C72H45NOS. The fraction of sp³-hybridized carbons (Fsp3) is 0.0278. The molecule has 16 rings (SSSR count). The summed E-state index contributed by atoms with van der Waals surface area (Å²) in [7, 11) is 0. The molecule has 2 heterocycles. The zero-order valence-electron chi connectivity index (χ0n) is 40.7. The monoisotopic (exact) mass is 971 g/mol. The van der Waals surface area contributed by atoms with Crippen molar-refractivity contribution in [3.63, 3.8) is 0 Å². The van der Waals surface area contributed by atoms with Gasteiger partial charge in [0, 0.05) is 37.9 Å². The minimum atomic E-state index is -0.626. The molecule has 0 radical (unpaired) electrons. The Labute approximate surface area is 440 Å². The Morgan fingerprint density at radius 2 is 0.773 bits per heavy atom. The van der Waals surface area contributed by atoms with E-state index in [1.165, 1.54) is 87.3 Å². The van der Waals surface area contributed by atoms with E-state index < -0.39 is 10.8 Å². The van der Waals surface area contributed by atoms with Crippen LogP contribution in [-0.2, 0) is 10.8 Å². The minimum absolute atomic E-state index is 0.523. The van der Waals surface area contributed by atoms with Gasteiger partial charge in [-0.1, -0.05) is 224 Å². The van der Waals surface area contributed by atoms with Gasteiger partial charge in [0.2, 0.25) is 0 Å². The van der Waals surface area contributed by atoms with Gasteiger partial charge in [0.15, 0.2) is 0 Å². The molecule has 12 aromatic carbocycles. The maximum absolute atomic E-state index is 6.78. The fourth-order valence-corrected chi connectivity index (χ4v) is 14.7. The summed E-state index contributed by atoms with van der Waals surface area (Å²) in [6.45, 7) is 0. The van der Waals surface area contributed by atoms with Gasteiger partial charge in [-0.2, -0.15) is 0 Å². The summed E-state index contributed by atoms with van der Waals surface area (Å²) in [4.78, 5) is 5.12. The highest BCUT2D eigenvalue weighted by molar-refractivity contribution is 7.99. The summed E-state index contributed by atoms with van der Waals surface area (Å²) in [6.07, 6.45) is 0. The van der Waals surface area contributed by atoms with Crippen molar-refractivity contribution in [3.8, 4) is 56.0 Å². The predicted octanol–water partition coefficient (Wildman–Crippen LogP) is 18.9. The lowest BCUT2D eigenvalue weighted by atomic mass is 9.66. The Hall–Kier alpha value is -9.15. The number of fused-ring (bicyclic) bond motifs is 19. The van der Waals surface area contributed by atoms with Crippen LogP contribution in [0.4, 0.5) is 17.1 Å². The van der Waals surface area contributed by atoms with Gasteiger partial charge in [-0.3, -0.25) is 0 Å². The van der Waals surface area contributed by atoms with Gasteiger partial charge in [0.1, 0.15) is 11.5 Å². The first-order valence-corrected chi connectivity index (χ1v) is 26.7. The molecule has 1 atom stereocenters. The van der Waals surface area contributed by atoms with Gasteiger partial charge < -0.3 is 9.64 Å². The van der Waals surface area contributed by atoms with Crippen molar-refractivity contribution in [1.29, 1.82) is 0 Å². The summed E-state index contributed by atoms with van der Waals surface area (Å²) < 4.78 is 6.78. The first kappa shape index (κ1) is 42.4. The number of anilines is 3. The summed E-state index contributed by atoms with van der Waals surface area (Å²) >= 11 is 1.90. The topological polar surface area (TPSA) is 12.5 Å². The SMILES string of the molecule is c1ccc(-c2ccc(-c3ccccc3N(c3ccc4c(c3)-c3ccccc3C43c4ccccc4Sc4cc5ccccc5cc43)c3ccc4c(c3)C3(c5ccccc5Oc5ccccc53)c3ccccc3-4)cc2)cc1. The lowest BCUT2D eigenvalue weighted by molar-refractivity contribution is 0.436. The molecule has 1 unspecified atom stereocenters. The average Bonchev–Trinajstić information content (AvgIpc) is 3.96. The molecule has 0 fully saturated rings. The second-order valence-corrected chi connectivity index (χ2v) is 21.3. The minimum Gasteiger partial charge on any atom is -0.457 e. The van der Waals surface area contributed by atoms with Gasteiger partial charge in [-0.15, -0.1) is 0 Å². The third-order valence-electron chi connectivity index (χ3n) is 16.6. The number of hydrogen-bond donors (Lipinski definition) is 0. The average molecular weight is 972 g/mol. The van der Waals surface area contributed by atoms with Crippen LogP contribution in [0.2, 0.25) is 0 Å². The third kappa shape index (κ3) is 5.93. The molecule has 12 aromatic rings. The number of rotatable bonds is 5. The van der Waals surface area contributed by atoms with Crippen LogP contribution in [0.1, 0.15) is 44.5 Å². The molecule has 2 aliphatic carbocycles. The smallest absolute Gasteiger partial charge is 0.132 e. The van der Waals surface area contributed by atoms with Gasteiger partial charge in [-0.25, -0.2) is 0 Å². The quantitative estimate of drug-likeness (QED) is 0.171. The van der Waals surface area contributed by atoms with E-state index in [0.29, 0.717) is 0 Å². The van der Waals surface area contributed by atoms with E-state index in [1.807, 2.05) is 11.8 Å². The molecule has 4 aliphatic rings. The van der Waals surface area contributed by atoms with E-state index in [1.54, 1.807) is 0 Å². The highest BCUT2D eigenvalue weighted by Gasteiger charge is 2.52. The highest BCUT2D eigenvalue weighted by Crippen LogP contribution is 2.65. The Morgan fingerprint density at radius 1 is 0.280 bits per heavy atom. The third-order valence-corrected chi connectivity index (χ3v) is 17.7. The maximum atomic E-state index is 6.78. The Bertz CT molecular complexity index is 4280. The van der Waals surface area contributed by atoms with Crippen LogP contribution in [0, 0.1) is 0 Å². The van der Waals surface area contributed by atoms with Crippen molar-refractivity contribution in [2.45, 2.75) is 20.6 Å². The summed E-state index contributed by atoms with van der Waals surface area (Å²) in [5.74, 6) is 1.77. The summed E-state index contributed by atoms with van der Waals surface area (Å²) in [5, 5.41) is 2.51. The second-order valence-electron chi connectivity index (χ2n) is 20.2. The molecule has 0 aromatic heterocycles. The molecule has 0 amide bonds. The molecule has 75 heavy (non-hydrogen) atoms. The predicted molar refractivity (Wildman–Crippen MR) is 308 cm³/mol. The van der Waals surface area contributed by atoms with E-state index >= 15 is 0 Å². The van der Waals surface area contributed by atoms with Gasteiger partial charge in [0.05, 0.1) is 16.5 Å². The molecule has 0 saturated heterocycles. The zero-order chi connectivity index (χ0) is 49.2. The second kappa shape index (κ2) is 16.2. The molecule has 2 nitrogen and oxygen atoms in total. The Balaban J connectivity index is 0.960. The van der Waals surface area contributed by atoms with E-state index in [-0.39, 0.29) is 0 Å². The van der Waals surface area contributed by atoms with Crippen molar-refractivity contribution < 1.29 is 4.74 Å². The first-order chi connectivity index (χ1) is 37.2. The van der Waals surface area contributed by atoms with Crippen LogP contribution in [0.15, 0.2) is 283 Å². The van der Waals surface area contributed by atoms with E-state index in [4.69, 9.17) is 4.74 Å². The lowest BCUT2D eigenvalue weighted by Gasteiger charge is -2.40. The molecule has 0 saturated carbocycles. The van der Waals surface area contributed by atoms with Crippen LogP contribution in [-0.4, -0.2) is 0 Å². The van der Waals surface area contributed by atoms with E-state index in [2.05, 4.69) is 278 Å². The van der Waals surface area contributed by atoms with Gasteiger partial charge >= 0.3 is 0 Å². The number of nitrogens with zero attached hydrogens (tertiary/aromatic N) is 1. The molecule has 0 bridgehead atoms. The van der Waals surface area contributed by atoms with E-state index in [9.17, 15) is 0 Å². The van der Waals surface area contributed by atoms with Crippen molar-refractivity contribution >= 4 is 39.6 Å². The normalized spacial score (nSPS) is 15.4. The Morgan fingerprint density at radius 3 is 1.51 bits per heavy atom. The molecular weight excluding hydrogens is 927 g/mol. The van der Waals surface area contributed by atoms with Crippen LogP contribution in [0.25, 0.3) is 55.3 Å². The summed E-state index contributed by atoms with van der Waals surface area (Å²) in [5.41, 5.74) is 21.9. The first-order valence-electron chi connectivity index (χ1n) is 25.9. The molecule has 3 heteroatoms. The number of ether oxygens (including phenoxy) is 1. The highest BCUT2D eigenvalue weighted by atomic mass is 32.2. The van der Waals surface area contributed by atoms with Gasteiger partial charge in [0.25, 0.3) is 0 Å². The lowest BCUT2D eigenvalue weighted by Crippen LogP contribution is -2.32. The van der Waals surface area contributed by atoms with Crippen molar-refractivity contribution in [1.82, 2.24) is 0 Å². The van der Waals surface area contributed by atoms with Crippen LogP contribution >= 0.6 is 11.8 Å². The van der Waals surface area contributed by atoms with Crippen molar-refractivity contribution in [2.24, 2.45) is 0 Å². The van der Waals surface area contributed by atoms with Crippen LogP contribution in [0.3, 0.4) is 0 Å².